The van der Waals surface area contributed by atoms with Gasteiger partial charge in [0.05, 0.1) is 0 Å². The van der Waals surface area contributed by atoms with Crippen LogP contribution in [0.4, 0.5) is 0 Å². The van der Waals surface area contributed by atoms with Crippen LogP contribution >= 0.6 is 0 Å². The molecule has 0 saturated heterocycles. The van der Waals surface area contributed by atoms with E-state index < -0.39 is 0 Å². The summed E-state index contributed by atoms with van der Waals surface area (Å²) in [6, 6.07) is 0. The third-order valence-electron chi connectivity index (χ3n) is 1.48. The second kappa shape index (κ2) is 36.5. The Morgan fingerprint density at radius 3 is 0.842 bits per heavy atom. The molecule has 0 saturated carbocycles. The van der Waals surface area contributed by atoms with Gasteiger partial charge < -0.3 is 29.5 Å². The van der Waals surface area contributed by atoms with Crippen LogP contribution in [0.15, 0.2) is 0 Å². The molecular formula is C12H27CeO6. The maximum atomic E-state index is 9.61. The fourth-order valence-corrected chi connectivity index (χ4v) is 0.610. The van der Waals surface area contributed by atoms with E-state index in [0.29, 0.717) is 39.1 Å². The average Bonchev–Trinajstić information content (AvgIpc) is 2.42. The van der Waals surface area contributed by atoms with Crippen LogP contribution in [-0.2, 0) is 14.2 Å². The number of rotatable bonds is 9. The summed E-state index contributed by atoms with van der Waals surface area (Å²) in [6.07, 6.45) is 1.91. The van der Waals surface area contributed by atoms with Crippen LogP contribution in [0.3, 0.4) is 0 Å². The van der Waals surface area contributed by atoms with Crippen LogP contribution in [-0.4, -0.2) is 61.0 Å². The van der Waals surface area contributed by atoms with E-state index in [0.717, 1.165) is 0 Å². The van der Waals surface area contributed by atoms with Gasteiger partial charge in [0.1, 0.15) is 0 Å². The standard InChI is InChI=1S/3C4H9O2.Ce/c3*1-6-4-2-3-5;/h3*2-4H2,1H3;/q3*-1;+3. The zero-order valence-electron chi connectivity index (χ0n) is 12.3. The molecule has 0 bridgehead atoms. The van der Waals surface area contributed by atoms with Gasteiger partial charge in [0.2, 0.25) is 0 Å². The molecule has 0 aromatic heterocycles. The summed E-state index contributed by atoms with van der Waals surface area (Å²) in [4.78, 5) is 0. The normalized spacial score (nSPS) is 8.53. The Hall–Kier alpha value is 1.14. The molecule has 0 aliphatic rings. The van der Waals surface area contributed by atoms with Crippen molar-refractivity contribution in [2.45, 2.75) is 19.3 Å². The summed E-state index contributed by atoms with van der Waals surface area (Å²) in [5.41, 5.74) is 0. The molecular weight excluding hydrogens is 380 g/mol. The van der Waals surface area contributed by atoms with E-state index >= 15 is 0 Å². The van der Waals surface area contributed by atoms with Crippen molar-refractivity contribution in [1.82, 2.24) is 0 Å². The minimum Gasteiger partial charge on any atom is -0.854 e. The van der Waals surface area contributed by atoms with Gasteiger partial charge in [0, 0.05) is 41.2 Å². The third-order valence-corrected chi connectivity index (χ3v) is 1.48. The molecule has 0 atom stereocenters. The fourth-order valence-electron chi connectivity index (χ4n) is 0.610. The Morgan fingerprint density at radius 1 is 0.579 bits per heavy atom. The summed E-state index contributed by atoms with van der Waals surface area (Å²) in [5, 5.41) is 28.8. The first kappa shape index (κ1) is 28.3. The predicted octanol–water partition coefficient (Wildman–Crippen LogP) is -1.85. The molecule has 0 N–H and O–H groups in total. The Balaban J connectivity index is -0.0000000865. The van der Waals surface area contributed by atoms with Crippen molar-refractivity contribution in [3.63, 3.8) is 0 Å². The summed E-state index contributed by atoms with van der Waals surface area (Å²) in [5.74, 6) is 0. The first-order valence-corrected chi connectivity index (χ1v) is 5.96. The number of ether oxygens (including phenoxy) is 3. The Kier molecular flexibility index (Phi) is 54.4. The molecule has 6 nitrogen and oxygen atoms in total. The van der Waals surface area contributed by atoms with E-state index in [-0.39, 0.29) is 61.6 Å². The number of methoxy groups -OCH3 is 3. The maximum Gasteiger partial charge on any atom is 3.00 e. The van der Waals surface area contributed by atoms with E-state index in [1.807, 2.05) is 0 Å². The Labute approximate surface area is 150 Å². The molecule has 7 heteroatoms. The Morgan fingerprint density at radius 2 is 0.789 bits per heavy atom. The van der Waals surface area contributed by atoms with Crippen molar-refractivity contribution in [2.24, 2.45) is 0 Å². The molecule has 0 unspecified atom stereocenters. The third kappa shape index (κ3) is 54.7. The van der Waals surface area contributed by atoms with Crippen molar-refractivity contribution in [3.05, 3.63) is 0 Å². The number of hydrogen-bond donors (Lipinski definition) is 0. The van der Waals surface area contributed by atoms with Crippen LogP contribution in [0.5, 0.6) is 0 Å². The molecule has 115 valence electrons. The largest absolute Gasteiger partial charge is 3.00 e. The molecule has 0 spiro atoms. The zero-order valence-corrected chi connectivity index (χ0v) is 15.5. The summed E-state index contributed by atoms with van der Waals surface area (Å²) < 4.78 is 13.7. The van der Waals surface area contributed by atoms with Crippen molar-refractivity contribution in [3.8, 4) is 0 Å². The van der Waals surface area contributed by atoms with Crippen LogP contribution in [0.1, 0.15) is 19.3 Å². The molecule has 0 aliphatic heterocycles. The summed E-state index contributed by atoms with van der Waals surface area (Å²) in [6.45, 7) is 1.74. The molecule has 0 aromatic carbocycles. The van der Waals surface area contributed by atoms with Crippen molar-refractivity contribution >= 4 is 0 Å². The second-order valence-corrected chi connectivity index (χ2v) is 3.15. The van der Waals surface area contributed by atoms with Gasteiger partial charge in [-0.3, -0.25) is 0 Å². The maximum absolute atomic E-state index is 9.61. The van der Waals surface area contributed by atoms with E-state index in [9.17, 15) is 15.3 Å². The van der Waals surface area contributed by atoms with E-state index in [1.165, 1.54) is 0 Å². The van der Waals surface area contributed by atoms with Gasteiger partial charge in [0.15, 0.2) is 0 Å². The van der Waals surface area contributed by atoms with E-state index in [2.05, 4.69) is 14.2 Å². The molecule has 0 aromatic rings. The minimum absolute atomic E-state index is 0. The molecule has 0 amide bonds. The molecule has 1 radical (unpaired) electrons. The molecule has 19 heavy (non-hydrogen) atoms. The second-order valence-electron chi connectivity index (χ2n) is 3.15. The van der Waals surface area contributed by atoms with Crippen molar-refractivity contribution in [2.75, 3.05) is 61.0 Å². The van der Waals surface area contributed by atoms with E-state index in [1.54, 1.807) is 21.3 Å². The van der Waals surface area contributed by atoms with Crippen molar-refractivity contribution in [1.29, 1.82) is 0 Å². The minimum atomic E-state index is -0.0200. The monoisotopic (exact) mass is 407 g/mol. The van der Waals surface area contributed by atoms with Gasteiger partial charge in [-0.15, -0.1) is 19.8 Å². The first-order chi connectivity index (χ1) is 8.74. The van der Waals surface area contributed by atoms with Gasteiger partial charge in [-0.2, -0.15) is 0 Å². The van der Waals surface area contributed by atoms with E-state index in [4.69, 9.17) is 0 Å². The van der Waals surface area contributed by atoms with Crippen LogP contribution < -0.4 is 15.3 Å². The molecule has 0 aliphatic carbocycles. The average molecular weight is 407 g/mol. The first-order valence-electron chi connectivity index (χ1n) is 5.96. The molecule has 0 heterocycles. The SMILES string of the molecule is COCCC[O-].COCCC[O-].COCCC[O-].[Ce+3]. The van der Waals surface area contributed by atoms with Crippen LogP contribution in [0.25, 0.3) is 0 Å². The van der Waals surface area contributed by atoms with Gasteiger partial charge in [-0.05, 0) is 19.3 Å². The molecule has 0 rings (SSSR count). The summed E-state index contributed by atoms with van der Waals surface area (Å²) >= 11 is 0. The smallest absolute Gasteiger partial charge is 0.854 e. The molecule has 0 fully saturated rings. The van der Waals surface area contributed by atoms with Gasteiger partial charge >= 0.3 is 41.7 Å². The quantitative estimate of drug-likeness (QED) is 0.417. The van der Waals surface area contributed by atoms with Gasteiger partial charge in [-0.1, -0.05) is 0 Å². The Bertz CT molecular complexity index is 77.2. The zero-order chi connectivity index (χ0) is 14.5. The topological polar surface area (TPSA) is 96.9 Å². The van der Waals surface area contributed by atoms with Crippen LogP contribution in [0, 0.1) is 41.7 Å². The summed E-state index contributed by atoms with van der Waals surface area (Å²) in [7, 11) is 4.78. The van der Waals surface area contributed by atoms with Gasteiger partial charge in [0.25, 0.3) is 0 Å². The van der Waals surface area contributed by atoms with Crippen molar-refractivity contribution < 1.29 is 71.3 Å². The predicted molar refractivity (Wildman–Crippen MR) is 64.1 cm³/mol. The fraction of sp³-hybridized carbons (Fsp3) is 1.00. The number of hydrogen-bond acceptors (Lipinski definition) is 6. The van der Waals surface area contributed by atoms with Gasteiger partial charge in [-0.25, -0.2) is 0 Å². The van der Waals surface area contributed by atoms with Crippen LogP contribution in [0.2, 0.25) is 0 Å².